The normalized spacial score (nSPS) is 10.4. The number of aryl methyl sites for hydroxylation is 3. The van der Waals surface area contributed by atoms with Crippen molar-refractivity contribution in [2.45, 2.75) is 20.8 Å². The summed E-state index contributed by atoms with van der Waals surface area (Å²) in [7, 11) is 1.63. The van der Waals surface area contributed by atoms with Crippen LogP contribution >= 0.6 is 0 Å². The van der Waals surface area contributed by atoms with Crippen LogP contribution in [0, 0.1) is 20.8 Å². The molecule has 0 unspecified atom stereocenters. The molecule has 0 fully saturated rings. The molecule has 0 aromatic heterocycles. The number of ether oxygens (including phenoxy) is 1. The molecule has 0 heterocycles. The Morgan fingerprint density at radius 2 is 1.56 bits per heavy atom. The number of hydrogen-bond acceptors (Lipinski definition) is 2. The van der Waals surface area contributed by atoms with E-state index >= 15 is 0 Å². The molecule has 94 valence electrons. The van der Waals surface area contributed by atoms with Crippen LogP contribution in [0.1, 0.15) is 16.7 Å². The predicted octanol–water partition coefficient (Wildman–Crippen LogP) is 3.87. The maximum Gasteiger partial charge on any atom is 0.141 e. The highest BCUT2D eigenvalue weighted by Gasteiger charge is 2.07. The highest BCUT2D eigenvalue weighted by molar-refractivity contribution is 5.73. The van der Waals surface area contributed by atoms with Crippen LogP contribution in [0.2, 0.25) is 0 Å². The Morgan fingerprint density at radius 1 is 0.889 bits per heavy atom. The summed E-state index contributed by atoms with van der Waals surface area (Å²) < 4.78 is 5.18. The van der Waals surface area contributed by atoms with E-state index in [1.165, 1.54) is 22.3 Å². The molecule has 18 heavy (non-hydrogen) atoms. The van der Waals surface area contributed by atoms with Gasteiger partial charge in [0.05, 0.1) is 12.8 Å². The molecule has 0 aliphatic heterocycles. The molecule has 2 aromatic carbocycles. The smallest absolute Gasteiger partial charge is 0.141 e. The zero-order valence-corrected chi connectivity index (χ0v) is 11.4. The molecule has 2 heteroatoms. The average Bonchev–Trinajstić information content (AvgIpc) is 2.33. The van der Waals surface area contributed by atoms with Crippen LogP contribution in [0.15, 0.2) is 30.3 Å². The van der Waals surface area contributed by atoms with E-state index in [1.54, 1.807) is 7.11 Å². The highest BCUT2D eigenvalue weighted by Crippen LogP contribution is 2.31. The van der Waals surface area contributed by atoms with Gasteiger partial charge in [0.1, 0.15) is 5.75 Å². The minimum Gasteiger partial charge on any atom is -0.495 e. The molecule has 0 saturated carbocycles. The van der Waals surface area contributed by atoms with E-state index in [1.807, 2.05) is 18.2 Å². The molecule has 0 atom stereocenters. The fraction of sp³-hybridized carbons (Fsp3) is 0.250. The van der Waals surface area contributed by atoms with Crippen LogP contribution in [0.25, 0.3) is 11.1 Å². The summed E-state index contributed by atoms with van der Waals surface area (Å²) in [5, 5.41) is 0. The van der Waals surface area contributed by atoms with Crippen LogP contribution in [-0.4, -0.2) is 7.11 Å². The second-order valence-electron chi connectivity index (χ2n) is 4.71. The monoisotopic (exact) mass is 241 g/mol. The van der Waals surface area contributed by atoms with E-state index in [0.717, 1.165) is 11.3 Å². The molecule has 0 aliphatic carbocycles. The van der Waals surface area contributed by atoms with Gasteiger partial charge in [-0.05, 0) is 60.7 Å². The van der Waals surface area contributed by atoms with Gasteiger partial charge in [0.15, 0.2) is 0 Å². The number of anilines is 1. The summed E-state index contributed by atoms with van der Waals surface area (Å²) in [4.78, 5) is 0. The fourth-order valence-electron chi connectivity index (χ4n) is 2.17. The van der Waals surface area contributed by atoms with Gasteiger partial charge in [-0.1, -0.05) is 18.2 Å². The number of methoxy groups -OCH3 is 1. The molecule has 2 rings (SSSR count). The molecule has 2 N–H and O–H groups in total. The van der Waals surface area contributed by atoms with E-state index < -0.39 is 0 Å². The van der Waals surface area contributed by atoms with E-state index in [0.29, 0.717) is 5.69 Å². The Bertz CT molecular complexity index is 588. The van der Waals surface area contributed by atoms with Crippen LogP contribution in [0.4, 0.5) is 5.69 Å². The quantitative estimate of drug-likeness (QED) is 0.810. The first-order valence-corrected chi connectivity index (χ1v) is 6.04. The molecular weight excluding hydrogens is 222 g/mol. The Hall–Kier alpha value is -1.96. The lowest BCUT2D eigenvalue weighted by atomic mass is 9.95. The lowest BCUT2D eigenvalue weighted by Gasteiger charge is -2.12. The van der Waals surface area contributed by atoms with E-state index in [-0.39, 0.29) is 0 Å². The third kappa shape index (κ3) is 2.19. The number of benzene rings is 2. The third-order valence-electron chi connectivity index (χ3n) is 3.38. The van der Waals surface area contributed by atoms with Crippen molar-refractivity contribution in [2.24, 2.45) is 0 Å². The van der Waals surface area contributed by atoms with Crippen LogP contribution in [0.5, 0.6) is 5.75 Å². The van der Waals surface area contributed by atoms with Gasteiger partial charge in [-0.3, -0.25) is 0 Å². The highest BCUT2D eigenvalue weighted by atomic mass is 16.5. The third-order valence-corrected chi connectivity index (χ3v) is 3.38. The van der Waals surface area contributed by atoms with Crippen LogP contribution in [-0.2, 0) is 0 Å². The summed E-state index contributed by atoms with van der Waals surface area (Å²) in [6.45, 7) is 6.39. The number of hydrogen-bond donors (Lipinski definition) is 1. The van der Waals surface area contributed by atoms with Gasteiger partial charge in [0.2, 0.25) is 0 Å². The maximum absolute atomic E-state index is 5.96. The first-order chi connectivity index (χ1) is 8.52. The van der Waals surface area contributed by atoms with Gasteiger partial charge in [0.25, 0.3) is 0 Å². The molecule has 2 aromatic rings. The van der Waals surface area contributed by atoms with Crippen LogP contribution < -0.4 is 10.5 Å². The Morgan fingerprint density at radius 3 is 2.17 bits per heavy atom. The van der Waals surface area contributed by atoms with Gasteiger partial charge in [-0.2, -0.15) is 0 Å². The first-order valence-electron chi connectivity index (χ1n) is 6.04. The molecule has 0 saturated heterocycles. The standard InChI is InChI=1S/C16H19NO/c1-10-7-12(3)14(8-11(10)2)13-5-6-16(18-4)15(17)9-13/h5-9H,17H2,1-4H3. The van der Waals surface area contributed by atoms with Gasteiger partial charge in [-0.25, -0.2) is 0 Å². The number of nitrogens with two attached hydrogens (primary N) is 1. The summed E-state index contributed by atoms with van der Waals surface area (Å²) in [5.41, 5.74) is 12.9. The zero-order valence-electron chi connectivity index (χ0n) is 11.4. The van der Waals surface area contributed by atoms with Gasteiger partial charge >= 0.3 is 0 Å². The Kier molecular flexibility index (Phi) is 3.28. The largest absolute Gasteiger partial charge is 0.495 e. The minimum absolute atomic E-state index is 0.674. The van der Waals surface area contributed by atoms with E-state index in [9.17, 15) is 0 Å². The number of nitrogen functional groups attached to an aromatic ring is 1. The molecular formula is C16H19NO. The molecule has 0 bridgehead atoms. The van der Waals surface area contributed by atoms with Crippen molar-refractivity contribution in [1.82, 2.24) is 0 Å². The van der Waals surface area contributed by atoms with Crippen LogP contribution in [0.3, 0.4) is 0 Å². The van der Waals surface area contributed by atoms with E-state index in [4.69, 9.17) is 10.5 Å². The Labute approximate surface area is 108 Å². The summed E-state index contributed by atoms with van der Waals surface area (Å²) >= 11 is 0. The first kappa shape index (κ1) is 12.5. The van der Waals surface area contributed by atoms with Gasteiger partial charge in [-0.15, -0.1) is 0 Å². The van der Waals surface area contributed by atoms with Gasteiger partial charge in [0, 0.05) is 0 Å². The van der Waals surface area contributed by atoms with Crippen molar-refractivity contribution in [1.29, 1.82) is 0 Å². The lowest BCUT2D eigenvalue weighted by Crippen LogP contribution is -1.94. The zero-order chi connectivity index (χ0) is 13.3. The van der Waals surface area contributed by atoms with Crippen molar-refractivity contribution in [3.05, 3.63) is 47.0 Å². The van der Waals surface area contributed by atoms with Crippen molar-refractivity contribution < 1.29 is 4.74 Å². The maximum atomic E-state index is 5.96. The van der Waals surface area contributed by atoms with Gasteiger partial charge < -0.3 is 10.5 Å². The summed E-state index contributed by atoms with van der Waals surface area (Å²) in [6, 6.07) is 10.4. The number of rotatable bonds is 2. The summed E-state index contributed by atoms with van der Waals surface area (Å²) in [5.74, 6) is 0.722. The topological polar surface area (TPSA) is 35.2 Å². The Balaban J connectivity index is 2.55. The average molecular weight is 241 g/mol. The molecule has 0 amide bonds. The predicted molar refractivity (Wildman–Crippen MR) is 77.1 cm³/mol. The fourth-order valence-corrected chi connectivity index (χ4v) is 2.17. The second-order valence-corrected chi connectivity index (χ2v) is 4.71. The van der Waals surface area contributed by atoms with Crippen molar-refractivity contribution in [3.63, 3.8) is 0 Å². The minimum atomic E-state index is 0.674. The summed E-state index contributed by atoms with van der Waals surface area (Å²) in [6.07, 6.45) is 0. The second kappa shape index (κ2) is 4.73. The lowest BCUT2D eigenvalue weighted by molar-refractivity contribution is 0.417. The SMILES string of the molecule is COc1ccc(-c2cc(C)c(C)cc2C)cc1N. The van der Waals surface area contributed by atoms with Crippen molar-refractivity contribution in [2.75, 3.05) is 12.8 Å². The molecule has 2 nitrogen and oxygen atoms in total. The van der Waals surface area contributed by atoms with E-state index in [2.05, 4.69) is 32.9 Å². The molecule has 0 radical (unpaired) electrons. The van der Waals surface area contributed by atoms with Crippen molar-refractivity contribution in [3.8, 4) is 16.9 Å². The molecule has 0 spiro atoms. The molecule has 0 aliphatic rings. The van der Waals surface area contributed by atoms with Crippen molar-refractivity contribution >= 4 is 5.69 Å².